The third kappa shape index (κ3) is 2.01. The Morgan fingerprint density at radius 2 is 2.31 bits per heavy atom. The molecule has 1 saturated heterocycles. The molecule has 0 amide bonds. The molecular weight excluding hydrogens is 214 g/mol. The Morgan fingerprint density at radius 3 is 2.88 bits per heavy atom. The van der Waals surface area contributed by atoms with Gasteiger partial charge in [0.1, 0.15) is 18.2 Å². The molecule has 7 heteroatoms. The van der Waals surface area contributed by atoms with Gasteiger partial charge in [-0.15, -0.1) is 0 Å². The van der Waals surface area contributed by atoms with E-state index in [1.54, 1.807) is 11.2 Å². The van der Waals surface area contributed by atoms with Crippen LogP contribution in [0.4, 0.5) is 0 Å². The number of ether oxygens (including phenoxy) is 2. The Bertz CT molecular complexity index is 318. The minimum absolute atomic E-state index is 0.194. The van der Waals surface area contributed by atoms with E-state index in [9.17, 15) is 5.11 Å². The molecule has 16 heavy (non-hydrogen) atoms. The zero-order valence-corrected chi connectivity index (χ0v) is 9.15. The van der Waals surface area contributed by atoms with E-state index in [-0.39, 0.29) is 12.6 Å². The van der Waals surface area contributed by atoms with Crippen molar-refractivity contribution in [1.29, 1.82) is 0 Å². The standard InChI is InChI=1S/C9H15N3O4/c1-12(2)4-10-9-11-6-7(14)5(3-13)15-8(6)16-9/h4-8,13-14H,3H2,1-2H3/t5-,6+,7-,8+/m1/s1. The average molecular weight is 229 g/mol. The number of hydrogen-bond acceptors (Lipinski definition) is 6. The molecule has 0 bridgehead atoms. The van der Waals surface area contributed by atoms with E-state index in [1.165, 1.54) is 0 Å². The normalized spacial score (nSPS) is 37.4. The maximum atomic E-state index is 9.72. The molecule has 2 aliphatic rings. The highest BCUT2D eigenvalue weighted by atomic mass is 16.7. The van der Waals surface area contributed by atoms with Crippen molar-refractivity contribution < 1.29 is 19.7 Å². The molecule has 2 N–H and O–H groups in total. The molecule has 2 aliphatic heterocycles. The monoisotopic (exact) mass is 229 g/mol. The van der Waals surface area contributed by atoms with Gasteiger partial charge in [-0.05, 0) is 0 Å². The largest absolute Gasteiger partial charge is 0.431 e. The molecule has 0 aliphatic carbocycles. The molecule has 7 nitrogen and oxygen atoms in total. The summed E-state index contributed by atoms with van der Waals surface area (Å²) >= 11 is 0. The predicted octanol–water partition coefficient (Wildman–Crippen LogP) is -1.59. The maximum Gasteiger partial charge on any atom is 0.316 e. The van der Waals surface area contributed by atoms with Gasteiger partial charge in [-0.3, -0.25) is 0 Å². The van der Waals surface area contributed by atoms with Crippen molar-refractivity contribution in [2.24, 2.45) is 9.98 Å². The van der Waals surface area contributed by atoms with Crippen molar-refractivity contribution in [1.82, 2.24) is 4.90 Å². The van der Waals surface area contributed by atoms with Gasteiger partial charge in [-0.2, -0.15) is 4.99 Å². The molecule has 0 saturated carbocycles. The van der Waals surface area contributed by atoms with Gasteiger partial charge in [-0.25, -0.2) is 4.99 Å². The van der Waals surface area contributed by atoms with Gasteiger partial charge < -0.3 is 24.6 Å². The second-order valence-electron chi connectivity index (χ2n) is 3.94. The summed E-state index contributed by atoms with van der Waals surface area (Å²) in [6, 6.07) is -0.300. The Hall–Kier alpha value is -1.18. The van der Waals surface area contributed by atoms with Crippen LogP contribution in [0.25, 0.3) is 0 Å². The maximum absolute atomic E-state index is 9.72. The molecule has 90 valence electrons. The van der Waals surface area contributed by atoms with Crippen LogP contribution >= 0.6 is 0 Å². The number of nitrogens with zero attached hydrogens (tertiary/aromatic N) is 3. The molecule has 0 spiro atoms. The number of rotatable bonds is 2. The second kappa shape index (κ2) is 4.36. The van der Waals surface area contributed by atoms with E-state index in [4.69, 9.17) is 14.6 Å². The first-order valence-electron chi connectivity index (χ1n) is 5.01. The van der Waals surface area contributed by atoms with Crippen LogP contribution in [0.15, 0.2) is 9.98 Å². The van der Waals surface area contributed by atoms with E-state index in [1.807, 2.05) is 14.1 Å². The molecule has 2 rings (SSSR count). The molecule has 0 aromatic carbocycles. The predicted molar refractivity (Wildman–Crippen MR) is 56.2 cm³/mol. The number of aliphatic hydroxyl groups is 2. The number of aliphatic hydroxyl groups excluding tert-OH is 2. The van der Waals surface area contributed by atoms with Crippen LogP contribution in [0.2, 0.25) is 0 Å². The van der Waals surface area contributed by atoms with Gasteiger partial charge in [0, 0.05) is 14.1 Å². The molecule has 4 atom stereocenters. The van der Waals surface area contributed by atoms with Crippen LogP contribution < -0.4 is 0 Å². The van der Waals surface area contributed by atoms with Crippen molar-refractivity contribution in [2.75, 3.05) is 20.7 Å². The highest BCUT2D eigenvalue weighted by molar-refractivity contribution is 5.83. The van der Waals surface area contributed by atoms with Crippen molar-refractivity contribution in [2.45, 2.75) is 24.5 Å². The van der Waals surface area contributed by atoms with Crippen LogP contribution in [0.5, 0.6) is 0 Å². The Labute approximate surface area is 93.0 Å². The van der Waals surface area contributed by atoms with Crippen LogP contribution in [-0.2, 0) is 9.47 Å². The molecule has 1 fully saturated rings. The summed E-state index contributed by atoms with van der Waals surface area (Å²) in [5.41, 5.74) is 0. The van der Waals surface area contributed by atoms with Crippen LogP contribution in [-0.4, -0.2) is 72.7 Å². The first-order valence-corrected chi connectivity index (χ1v) is 5.01. The lowest BCUT2D eigenvalue weighted by Gasteiger charge is -2.11. The minimum atomic E-state index is -0.845. The summed E-state index contributed by atoms with van der Waals surface area (Å²) in [5.74, 6) is 0. The Balaban J connectivity index is 2.01. The van der Waals surface area contributed by atoms with Crippen LogP contribution in [0, 0.1) is 0 Å². The molecular formula is C9H15N3O4. The lowest BCUT2D eigenvalue weighted by molar-refractivity contribution is -0.0961. The van der Waals surface area contributed by atoms with Gasteiger partial charge >= 0.3 is 6.02 Å². The smallest absolute Gasteiger partial charge is 0.316 e. The number of fused-ring (bicyclic) bond motifs is 1. The summed E-state index contributed by atoms with van der Waals surface area (Å²) in [6.45, 7) is -0.247. The fourth-order valence-electron chi connectivity index (χ4n) is 1.59. The Morgan fingerprint density at radius 1 is 1.56 bits per heavy atom. The fraction of sp³-hybridized carbons (Fsp3) is 0.778. The first kappa shape index (κ1) is 11.3. The zero-order valence-electron chi connectivity index (χ0n) is 9.15. The van der Waals surface area contributed by atoms with Crippen LogP contribution in [0.3, 0.4) is 0 Å². The summed E-state index contributed by atoms with van der Waals surface area (Å²) in [6.07, 6.45) is -0.558. The van der Waals surface area contributed by atoms with Crippen molar-refractivity contribution in [3.05, 3.63) is 0 Å². The van der Waals surface area contributed by atoms with Gasteiger partial charge in [-0.1, -0.05) is 0 Å². The summed E-state index contributed by atoms with van der Waals surface area (Å²) in [4.78, 5) is 9.79. The molecule has 0 unspecified atom stereocenters. The average Bonchev–Trinajstić information content (AvgIpc) is 2.75. The van der Waals surface area contributed by atoms with E-state index < -0.39 is 24.5 Å². The third-order valence-corrected chi connectivity index (χ3v) is 2.38. The number of aliphatic imine (C=N–C) groups is 2. The Kier molecular flexibility index (Phi) is 3.08. The van der Waals surface area contributed by atoms with E-state index in [2.05, 4.69) is 9.98 Å². The highest BCUT2D eigenvalue weighted by Gasteiger charge is 2.48. The van der Waals surface area contributed by atoms with Gasteiger partial charge in [0.2, 0.25) is 6.29 Å². The highest BCUT2D eigenvalue weighted by Crippen LogP contribution is 2.29. The lowest BCUT2D eigenvalue weighted by Crippen LogP contribution is -2.31. The molecule has 0 aromatic heterocycles. The topological polar surface area (TPSA) is 86.9 Å². The SMILES string of the molecule is CN(C)C=NC1=N[C@@H]2[C@H](O1)O[C@H](CO)[C@H]2O. The van der Waals surface area contributed by atoms with E-state index >= 15 is 0 Å². The molecule has 0 aromatic rings. The summed E-state index contributed by atoms with van der Waals surface area (Å²) in [7, 11) is 3.65. The number of amidine groups is 1. The van der Waals surface area contributed by atoms with Crippen molar-refractivity contribution >= 4 is 12.4 Å². The first-order chi connectivity index (χ1) is 7.61. The molecule has 0 radical (unpaired) electrons. The van der Waals surface area contributed by atoms with E-state index in [0.29, 0.717) is 0 Å². The summed E-state index contributed by atoms with van der Waals surface area (Å²) < 4.78 is 10.5. The van der Waals surface area contributed by atoms with Crippen molar-refractivity contribution in [3.8, 4) is 0 Å². The number of hydrogen-bond donors (Lipinski definition) is 2. The van der Waals surface area contributed by atoms with Gasteiger partial charge in [0.15, 0.2) is 0 Å². The summed E-state index contributed by atoms with van der Waals surface area (Å²) in [5, 5.41) is 18.6. The second-order valence-corrected chi connectivity index (χ2v) is 3.94. The zero-order chi connectivity index (χ0) is 11.7. The quantitative estimate of drug-likeness (QED) is 0.440. The van der Waals surface area contributed by atoms with Crippen molar-refractivity contribution in [3.63, 3.8) is 0 Å². The van der Waals surface area contributed by atoms with Crippen LogP contribution in [0.1, 0.15) is 0 Å². The van der Waals surface area contributed by atoms with Gasteiger partial charge in [0.25, 0.3) is 0 Å². The lowest BCUT2D eigenvalue weighted by atomic mass is 10.1. The van der Waals surface area contributed by atoms with Gasteiger partial charge in [0.05, 0.1) is 12.9 Å². The fourth-order valence-corrected chi connectivity index (χ4v) is 1.59. The van der Waals surface area contributed by atoms with E-state index in [0.717, 1.165) is 0 Å². The third-order valence-electron chi connectivity index (χ3n) is 2.38. The minimum Gasteiger partial charge on any atom is -0.431 e. The molecule has 2 heterocycles.